The molecule has 0 saturated heterocycles. The normalized spacial score (nSPS) is 10.8. The lowest BCUT2D eigenvalue weighted by Crippen LogP contribution is -1.84. The molecular formula is C14H12BrN3OS2. The van der Waals surface area contributed by atoms with E-state index in [2.05, 4.69) is 43.2 Å². The third-order valence-corrected chi connectivity index (χ3v) is 5.50. The van der Waals surface area contributed by atoms with Gasteiger partial charge < -0.3 is 4.74 Å². The van der Waals surface area contributed by atoms with Gasteiger partial charge in [-0.3, -0.25) is 5.10 Å². The fourth-order valence-electron chi connectivity index (χ4n) is 1.75. The maximum Gasteiger partial charge on any atom is 0.209 e. The quantitative estimate of drug-likeness (QED) is 0.656. The summed E-state index contributed by atoms with van der Waals surface area (Å²) >= 11 is 6.82. The second-order valence-corrected chi connectivity index (χ2v) is 7.68. The van der Waals surface area contributed by atoms with Crippen molar-refractivity contribution in [1.82, 2.24) is 15.2 Å². The van der Waals surface area contributed by atoms with Crippen LogP contribution < -0.4 is 4.74 Å². The van der Waals surface area contributed by atoms with Crippen LogP contribution in [0.3, 0.4) is 0 Å². The molecule has 0 bridgehead atoms. The van der Waals surface area contributed by atoms with Gasteiger partial charge in [-0.2, -0.15) is 0 Å². The lowest BCUT2D eigenvalue weighted by molar-refractivity contribution is 0.415. The molecule has 3 aromatic rings. The molecule has 0 aliphatic heterocycles. The molecule has 7 heteroatoms. The monoisotopic (exact) mass is 381 g/mol. The Bertz CT molecular complexity index is 724. The molecule has 0 aliphatic carbocycles. The summed E-state index contributed by atoms with van der Waals surface area (Å²) in [5.41, 5.74) is 0.994. The molecule has 4 nitrogen and oxygen atoms in total. The van der Waals surface area contributed by atoms with Gasteiger partial charge in [0.05, 0.1) is 10.9 Å². The number of halogens is 1. The number of hydrogen-bond donors (Lipinski definition) is 1. The minimum Gasteiger partial charge on any atom is -0.497 e. The van der Waals surface area contributed by atoms with Crippen molar-refractivity contribution in [2.75, 3.05) is 7.11 Å². The lowest BCUT2D eigenvalue weighted by Gasteiger charge is -1.99. The Kier molecular flexibility index (Phi) is 4.62. The first-order valence-electron chi connectivity index (χ1n) is 6.18. The maximum absolute atomic E-state index is 5.15. The van der Waals surface area contributed by atoms with Crippen molar-refractivity contribution in [1.29, 1.82) is 0 Å². The van der Waals surface area contributed by atoms with Gasteiger partial charge in [0.1, 0.15) is 5.75 Å². The zero-order valence-corrected chi connectivity index (χ0v) is 14.4. The number of thioether (sulfide) groups is 1. The number of hydrogen-bond acceptors (Lipinski definition) is 5. The van der Waals surface area contributed by atoms with Crippen LogP contribution in [0.25, 0.3) is 11.4 Å². The molecule has 0 fully saturated rings. The van der Waals surface area contributed by atoms with Gasteiger partial charge in [0, 0.05) is 16.2 Å². The molecule has 3 rings (SSSR count). The first-order chi connectivity index (χ1) is 10.2. The number of benzene rings is 1. The minimum atomic E-state index is 0.755. The number of nitrogens with one attached hydrogen (secondary N) is 1. The number of H-pyrrole nitrogens is 1. The Morgan fingerprint density at radius 1 is 1.24 bits per heavy atom. The van der Waals surface area contributed by atoms with E-state index in [-0.39, 0.29) is 0 Å². The van der Waals surface area contributed by atoms with Crippen molar-refractivity contribution in [3.05, 3.63) is 45.1 Å². The fourth-order valence-corrected chi connectivity index (χ4v) is 4.08. The summed E-state index contributed by atoms with van der Waals surface area (Å²) in [5.74, 6) is 2.47. The smallest absolute Gasteiger partial charge is 0.209 e. The van der Waals surface area contributed by atoms with E-state index in [0.29, 0.717) is 0 Å². The summed E-state index contributed by atoms with van der Waals surface area (Å²) in [6.07, 6.45) is 0. The van der Waals surface area contributed by atoms with E-state index in [1.54, 1.807) is 30.2 Å². The van der Waals surface area contributed by atoms with Crippen molar-refractivity contribution in [2.45, 2.75) is 10.9 Å². The molecule has 0 aliphatic rings. The van der Waals surface area contributed by atoms with Crippen molar-refractivity contribution in [3.8, 4) is 17.1 Å². The highest BCUT2D eigenvalue weighted by Gasteiger charge is 2.07. The first kappa shape index (κ1) is 14.6. The van der Waals surface area contributed by atoms with Crippen LogP contribution in [0.15, 0.2) is 45.3 Å². The second-order valence-electron chi connectivity index (χ2n) is 4.19. The summed E-state index contributed by atoms with van der Waals surface area (Å²) in [5, 5.41) is 7.97. The Morgan fingerprint density at radius 3 is 2.71 bits per heavy atom. The molecule has 2 heterocycles. The number of aromatic amines is 1. The van der Waals surface area contributed by atoms with Crippen LogP contribution >= 0.6 is 39.0 Å². The van der Waals surface area contributed by atoms with Crippen LogP contribution in [0.2, 0.25) is 0 Å². The molecule has 0 amide bonds. The molecule has 0 atom stereocenters. The van der Waals surface area contributed by atoms with Gasteiger partial charge in [-0.05, 0) is 52.3 Å². The average molecular weight is 382 g/mol. The number of aromatic nitrogens is 3. The Labute approximate surface area is 139 Å². The molecule has 0 saturated carbocycles. The second kappa shape index (κ2) is 6.64. The van der Waals surface area contributed by atoms with E-state index >= 15 is 0 Å². The molecule has 108 valence electrons. The zero-order chi connectivity index (χ0) is 14.7. The number of rotatable bonds is 5. The van der Waals surface area contributed by atoms with E-state index < -0.39 is 0 Å². The van der Waals surface area contributed by atoms with Crippen LogP contribution in [0.5, 0.6) is 5.75 Å². The number of nitrogens with zero attached hydrogens (tertiary/aromatic N) is 2. The molecule has 0 unspecified atom stereocenters. The standard InChI is InChI=1S/C14H12BrN3OS2/c1-19-10-4-2-9(3-5-10)13-16-14(18-17-13)20-8-11-6-7-12(15)21-11/h2-7H,8H2,1H3,(H,16,17,18). The van der Waals surface area contributed by atoms with Gasteiger partial charge in [0.25, 0.3) is 0 Å². The van der Waals surface area contributed by atoms with Gasteiger partial charge >= 0.3 is 0 Å². The third kappa shape index (κ3) is 3.66. The van der Waals surface area contributed by atoms with Gasteiger partial charge in [-0.25, -0.2) is 4.98 Å². The van der Waals surface area contributed by atoms with E-state index in [0.717, 1.165) is 31.8 Å². The fraction of sp³-hybridized carbons (Fsp3) is 0.143. The van der Waals surface area contributed by atoms with Gasteiger partial charge in [-0.1, -0.05) is 11.8 Å². The first-order valence-corrected chi connectivity index (χ1v) is 8.78. The summed E-state index contributed by atoms with van der Waals surface area (Å²) in [4.78, 5) is 5.80. The predicted molar refractivity (Wildman–Crippen MR) is 90.0 cm³/mol. The molecule has 1 aromatic carbocycles. The van der Waals surface area contributed by atoms with Crippen LogP contribution in [0.1, 0.15) is 4.88 Å². The van der Waals surface area contributed by atoms with Crippen LogP contribution in [0.4, 0.5) is 0 Å². The highest BCUT2D eigenvalue weighted by molar-refractivity contribution is 9.11. The van der Waals surface area contributed by atoms with Gasteiger partial charge in [0.15, 0.2) is 5.82 Å². The van der Waals surface area contributed by atoms with E-state index in [9.17, 15) is 0 Å². The number of ether oxygens (including phenoxy) is 1. The average Bonchev–Trinajstić information content (AvgIpc) is 3.14. The van der Waals surface area contributed by atoms with Gasteiger partial charge in [-0.15, -0.1) is 16.4 Å². The Morgan fingerprint density at radius 2 is 2.05 bits per heavy atom. The predicted octanol–water partition coefficient (Wildman–Crippen LogP) is 4.60. The largest absolute Gasteiger partial charge is 0.497 e. The summed E-state index contributed by atoms with van der Waals surface area (Å²) < 4.78 is 6.29. The van der Waals surface area contributed by atoms with Crippen LogP contribution in [0, 0.1) is 0 Å². The highest BCUT2D eigenvalue weighted by Crippen LogP contribution is 2.28. The van der Waals surface area contributed by atoms with Crippen LogP contribution in [-0.2, 0) is 5.75 Å². The Hall–Kier alpha value is -1.31. The highest BCUT2D eigenvalue weighted by atomic mass is 79.9. The summed E-state index contributed by atoms with van der Waals surface area (Å²) in [6.45, 7) is 0. The molecular weight excluding hydrogens is 370 g/mol. The lowest BCUT2D eigenvalue weighted by atomic mass is 10.2. The summed E-state index contributed by atoms with van der Waals surface area (Å²) in [7, 11) is 1.65. The minimum absolute atomic E-state index is 0.755. The van der Waals surface area contributed by atoms with E-state index in [4.69, 9.17) is 4.74 Å². The van der Waals surface area contributed by atoms with Crippen molar-refractivity contribution in [2.24, 2.45) is 0 Å². The van der Waals surface area contributed by atoms with E-state index in [1.165, 1.54) is 4.88 Å². The summed E-state index contributed by atoms with van der Waals surface area (Å²) in [6, 6.07) is 11.9. The topological polar surface area (TPSA) is 50.8 Å². The SMILES string of the molecule is COc1ccc(-c2nc(SCc3ccc(Br)s3)n[nH]2)cc1. The van der Waals surface area contributed by atoms with Crippen LogP contribution in [-0.4, -0.2) is 22.3 Å². The molecule has 1 N–H and O–H groups in total. The third-order valence-electron chi connectivity index (χ3n) is 2.80. The molecule has 21 heavy (non-hydrogen) atoms. The maximum atomic E-state index is 5.15. The van der Waals surface area contributed by atoms with Crippen molar-refractivity contribution in [3.63, 3.8) is 0 Å². The van der Waals surface area contributed by atoms with Crippen molar-refractivity contribution < 1.29 is 4.74 Å². The number of methoxy groups -OCH3 is 1. The zero-order valence-electron chi connectivity index (χ0n) is 11.2. The Balaban J connectivity index is 1.67. The molecule has 0 spiro atoms. The molecule has 2 aromatic heterocycles. The van der Waals surface area contributed by atoms with Crippen molar-refractivity contribution >= 4 is 39.0 Å². The van der Waals surface area contributed by atoms with E-state index in [1.807, 2.05) is 24.3 Å². The van der Waals surface area contributed by atoms with Gasteiger partial charge in [0.2, 0.25) is 5.16 Å². The molecule has 0 radical (unpaired) electrons. The number of thiophene rings is 1.